The van der Waals surface area contributed by atoms with E-state index in [-0.39, 0.29) is 0 Å². The Morgan fingerprint density at radius 3 is 2.82 bits per heavy atom. The van der Waals surface area contributed by atoms with Gasteiger partial charge in [-0.1, -0.05) is 0 Å². The first-order chi connectivity index (χ1) is 8.31. The van der Waals surface area contributed by atoms with E-state index in [2.05, 4.69) is 17.2 Å². The molecule has 92 valence electrons. The first-order valence-electron chi connectivity index (χ1n) is 5.65. The Kier molecular flexibility index (Phi) is 5.98. The lowest BCUT2D eigenvalue weighted by atomic mass is 10.2. The highest BCUT2D eigenvalue weighted by atomic mass is 16.5. The number of rotatable bonds is 6. The van der Waals surface area contributed by atoms with Crippen LogP contribution in [0.15, 0.2) is 18.2 Å². The number of hydrogen-bond acceptors (Lipinski definition) is 3. The summed E-state index contributed by atoms with van der Waals surface area (Å²) < 4.78 is 10.9. The van der Waals surface area contributed by atoms with Gasteiger partial charge in [0.2, 0.25) is 0 Å². The topological polar surface area (TPSA) is 30.5 Å². The lowest BCUT2D eigenvalue weighted by Crippen LogP contribution is -2.08. The number of hydrogen-bond donors (Lipinski definition) is 1. The normalized spacial score (nSPS) is 9.35. The highest BCUT2D eigenvalue weighted by Gasteiger charge is 2.04. The van der Waals surface area contributed by atoms with Crippen LogP contribution in [0.25, 0.3) is 0 Å². The summed E-state index contributed by atoms with van der Waals surface area (Å²) in [5.74, 6) is 7.56. The molecule has 0 unspecified atom stereocenters. The summed E-state index contributed by atoms with van der Waals surface area (Å²) in [5.41, 5.74) is 1.09. The van der Waals surface area contributed by atoms with E-state index in [1.807, 2.05) is 32.2 Å². The van der Waals surface area contributed by atoms with Gasteiger partial charge in [-0.3, -0.25) is 0 Å². The maximum Gasteiger partial charge on any atom is 0.124 e. The zero-order valence-corrected chi connectivity index (χ0v) is 10.7. The van der Waals surface area contributed by atoms with Crippen molar-refractivity contribution in [3.05, 3.63) is 23.8 Å². The standard InChI is InChI=1S/C14H19NO2/c1-4-5-6-9-17-14-8-7-13(16-3)10-12(14)11-15-2/h7-8,10,15H,6,9,11H2,1-3H3. The van der Waals surface area contributed by atoms with Gasteiger partial charge in [-0.05, 0) is 32.2 Å². The van der Waals surface area contributed by atoms with Crippen LogP contribution in [0.2, 0.25) is 0 Å². The van der Waals surface area contributed by atoms with Crippen LogP contribution >= 0.6 is 0 Å². The second kappa shape index (κ2) is 7.59. The molecule has 0 aliphatic heterocycles. The molecule has 3 heteroatoms. The van der Waals surface area contributed by atoms with Crippen molar-refractivity contribution < 1.29 is 9.47 Å². The molecule has 0 radical (unpaired) electrons. The first-order valence-corrected chi connectivity index (χ1v) is 5.65. The van der Waals surface area contributed by atoms with Crippen molar-refractivity contribution in [3.63, 3.8) is 0 Å². The molecule has 0 bridgehead atoms. The van der Waals surface area contributed by atoms with Crippen LogP contribution in [-0.2, 0) is 6.54 Å². The Bertz CT molecular complexity index is 404. The first kappa shape index (κ1) is 13.4. The minimum atomic E-state index is 0.615. The SMILES string of the molecule is CC#CCCOc1ccc(OC)cc1CNC. The van der Waals surface area contributed by atoms with Crippen molar-refractivity contribution in [1.29, 1.82) is 0 Å². The fraction of sp³-hybridized carbons (Fsp3) is 0.429. The number of ether oxygens (including phenoxy) is 2. The third-order valence-corrected chi connectivity index (χ3v) is 2.30. The molecule has 0 aliphatic carbocycles. The van der Waals surface area contributed by atoms with E-state index in [1.165, 1.54) is 0 Å². The smallest absolute Gasteiger partial charge is 0.124 e. The van der Waals surface area contributed by atoms with E-state index in [4.69, 9.17) is 9.47 Å². The van der Waals surface area contributed by atoms with E-state index in [0.29, 0.717) is 6.61 Å². The van der Waals surface area contributed by atoms with E-state index >= 15 is 0 Å². The second-order valence-corrected chi connectivity index (χ2v) is 3.53. The zero-order chi connectivity index (χ0) is 12.5. The number of nitrogens with one attached hydrogen (secondary N) is 1. The molecular formula is C14H19NO2. The second-order valence-electron chi connectivity index (χ2n) is 3.53. The molecule has 1 rings (SSSR count). The average molecular weight is 233 g/mol. The molecule has 0 heterocycles. The molecule has 0 amide bonds. The molecule has 1 N–H and O–H groups in total. The lowest BCUT2D eigenvalue weighted by Gasteiger charge is -2.11. The maximum atomic E-state index is 5.69. The largest absolute Gasteiger partial charge is 0.497 e. The lowest BCUT2D eigenvalue weighted by molar-refractivity contribution is 0.322. The summed E-state index contributed by atoms with van der Waals surface area (Å²) in [6.07, 6.45) is 0.752. The summed E-state index contributed by atoms with van der Waals surface area (Å²) in [4.78, 5) is 0. The zero-order valence-electron chi connectivity index (χ0n) is 10.7. The van der Waals surface area contributed by atoms with Crippen LogP contribution in [0.4, 0.5) is 0 Å². The van der Waals surface area contributed by atoms with Gasteiger partial charge in [0.15, 0.2) is 0 Å². The van der Waals surface area contributed by atoms with Crippen LogP contribution in [-0.4, -0.2) is 20.8 Å². The Balaban J connectivity index is 2.70. The van der Waals surface area contributed by atoms with Gasteiger partial charge in [0.1, 0.15) is 11.5 Å². The van der Waals surface area contributed by atoms with Crippen LogP contribution in [0.5, 0.6) is 11.5 Å². The number of benzene rings is 1. The van der Waals surface area contributed by atoms with E-state index < -0.39 is 0 Å². The van der Waals surface area contributed by atoms with Gasteiger partial charge in [-0.15, -0.1) is 11.8 Å². The summed E-state index contributed by atoms with van der Waals surface area (Å²) in [7, 11) is 3.57. The Morgan fingerprint density at radius 2 is 2.18 bits per heavy atom. The van der Waals surface area contributed by atoms with E-state index in [0.717, 1.165) is 30.0 Å². The van der Waals surface area contributed by atoms with Crippen LogP contribution in [0, 0.1) is 11.8 Å². The van der Waals surface area contributed by atoms with Crippen molar-refractivity contribution in [3.8, 4) is 23.3 Å². The predicted molar refractivity (Wildman–Crippen MR) is 69.3 cm³/mol. The molecular weight excluding hydrogens is 214 g/mol. The van der Waals surface area contributed by atoms with Gasteiger partial charge in [-0.2, -0.15) is 0 Å². The molecule has 0 atom stereocenters. The molecule has 0 aliphatic rings. The van der Waals surface area contributed by atoms with Crippen molar-refractivity contribution >= 4 is 0 Å². The van der Waals surface area contributed by atoms with Gasteiger partial charge < -0.3 is 14.8 Å². The predicted octanol–water partition coefficient (Wildman–Crippen LogP) is 2.21. The minimum Gasteiger partial charge on any atom is -0.497 e. The third kappa shape index (κ3) is 4.38. The summed E-state index contributed by atoms with van der Waals surface area (Å²) in [5, 5.41) is 3.11. The molecule has 0 spiro atoms. The molecule has 1 aromatic rings. The van der Waals surface area contributed by atoms with Gasteiger partial charge in [0.25, 0.3) is 0 Å². The van der Waals surface area contributed by atoms with Crippen molar-refractivity contribution in [1.82, 2.24) is 5.32 Å². The third-order valence-electron chi connectivity index (χ3n) is 2.30. The highest BCUT2D eigenvalue weighted by Crippen LogP contribution is 2.24. The molecule has 17 heavy (non-hydrogen) atoms. The van der Waals surface area contributed by atoms with Crippen LogP contribution in [0.3, 0.4) is 0 Å². The monoisotopic (exact) mass is 233 g/mol. The molecule has 0 aromatic heterocycles. The van der Waals surface area contributed by atoms with Gasteiger partial charge in [-0.25, -0.2) is 0 Å². The summed E-state index contributed by atoms with van der Waals surface area (Å²) >= 11 is 0. The quantitative estimate of drug-likeness (QED) is 0.603. The fourth-order valence-electron chi connectivity index (χ4n) is 1.49. The highest BCUT2D eigenvalue weighted by molar-refractivity contribution is 5.40. The maximum absolute atomic E-state index is 5.69. The van der Waals surface area contributed by atoms with Gasteiger partial charge >= 0.3 is 0 Å². The van der Waals surface area contributed by atoms with Crippen molar-refractivity contribution in [2.75, 3.05) is 20.8 Å². The van der Waals surface area contributed by atoms with Crippen molar-refractivity contribution in [2.45, 2.75) is 19.9 Å². The summed E-state index contributed by atoms with van der Waals surface area (Å²) in [6.45, 7) is 3.20. The fourth-order valence-corrected chi connectivity index (χ4v) is 1.49. The minimum absolute atomic E-state index is 0.615. The van der Waals surface area contributed by atoms with E-state index in [1.54, 1.807) is 7.11 Å². The molecule has 0 saturated carbocycles. The Hall–Kier alpha value is -1.66. The number of methoxy groups -OCH3 is 1. The van der Waals surface area contributed by atoms with Gasteiger partial charge in [0, 0.05) is 18.5 Å². The van der Waals surface area contributed by atoms with Crippen LogP contribution < -0.4 is 14.8 Å². The van der Waals surface area contributed by atoms with Gasteiger partial charge in [0.05, 0.1) is 13.7 Å². The molecule has 0 saturated heterocycles. The Morgan fingerprint density at radius 1 is 1.35 bits per heavy atom. The molecule has 0 fully saturated rings. The Labute approximate surface area is 103 Å². The van der Waals surface area contributed by atoms with Crippen LogP contribution in [0.1, 0.15) is 18.9 Å². The van der Waals surface area contributed by atoms with Crippen molar-refractivity contribution in [2.24, 2.45) is 0 Å². The summed E-state index contributed by atoms with van der Waals surface area (Å²) in [6, 6.07) is 5.82. The molecule has 3 nitrogen and oxygen atoms in total. The van der Waals surface area contributed by atoms with E-state index in [9.17, 15) is 0 Å². The molecule has 1 aromatic carbocycles. The average Bonchev–Trinajstić information content (AvgIpc) is 2.36.